The molecule has 0 saturated carbocycles. The third-order valence-corrected chi connectivity index (χ3v) is 2.99. The van der Waals surface area contributed by atoms with Crippen molar-refractivity contribution in [1.82, 2.24) is 0 Å². The fourth-order valence-corrected chi connectivity index (χ4v) is 1.70. The lowest BCUT2D eigenvalue weighted by atomic mass is 10.2. The van der Waals surface area contributed by atoms with Crippen LogP contribution in [0, 0.1) is 5.21 Å². The zero-order valence-corrected chi connectivity index (χ0v) is 8.84. The predicted octanol–water partition coefficient (Wildman–Crippen LogP) is 2.89. The highest BCUT2D eigenvalue weighted by atomic mass is 79.9. The maximum atomic E-state index is 10.9. The molecule has 13 heavy (non-hydrogen) atoms. The van der Waals surface area contributed by atoms with E-state index in [0.29, 0.717) is 5.02 Å². The van der Waals surface area contributed by atoms with Gasteiger partial charge < -0.3 is 5.21 Å². The van der Waals surface area contributed by atoms with E-state index in [-0.39, 0.29) is 0 Å². The molecule has 2 rings (SSSR count). The average molecular weight is 259 g/mol. The molecule has 0 spiro atoms. The standard InChI is InChI=1S/C9H5BrClNO/c10-8-3-7-5-12(13)2-1-6(7)4-9(8)11/h1-5H. The number of pyridine rings is 1. The van der Waals surface area contributed by atoms with Crippen LogP contribution in [-0.2, 0) is 0 Å². The first kappa shape index (κ1) is 8.78. The molecule has 1 aromatic carbocycles. The van der Waals surface area contributed by atoms with Crippen LogP contribution in [0.4, 0.5) is 0 Å². The zero-order chi connectivity index (χ0) is 9.42. The van der Waals surface area contributed by atoms with Gasteiger partial charge in [0, 0.05) is 15.9 Å². The Labute approximate surface area is 88.5 Å². The molecule has 0 N–H and O–H groups in total. The summed E-state index contributed by atoms with van der Waals surface area (Å²) in [7, 11) is 0. The van der Waals surface area contributed by atoms with E-state index in [9.17, 15) is 5.21 Å². The number of halogens is 2. The average Bonchev–Trinajstić information content (AvgIpc) is 2.08. The molecule has 0 unspecified atom stereocenters. The third-order valence-electron chi connectivity index (χ3n) is 1.79. The SMILES string of the molecule is [O-][n+]1ccc2cc(Cl)c(Br)cc2c1. The molecule has 0 radical (unpaired) electrons. The summed E-state index contributed by atoms with van der Waals surface area (Å²) in [6.07, 6.45) is 2.96. The van der Waals surface area contributed by atoms with Gasteiger partial charge in [-0.2, -0.15) is 4.73 Å². The van der Waals surface area contributed by atoms with Crippen molar-refractivity contribution >= 4 is 38.3 Å². The van der Waals surface area contributed by atoms with Gasteiger partial charge in [0.05, 0.1) is 5.02 Å². The van der Waals surface area contributed by atoms with Gasteiger partial charge in [0.1, 0.15) is 0 Å². The topological polar surface area (TPSA) is 26.9 Å². The van der Waals surface area contributed by atoms with Crippen molar-refractivity contribution in [3.63, 3.8) is 0 Å². The van der Waals surface area contributed by atoms with Crippen LogP contribution >= 0.6 is 27.5 Å². The Bertz CT molecular complexity index is 472. The van der Waals surface area contributed by atoms with E-state index in [4.69, 9.17) is 11.6 Å². The first-order chi connectivity index (χ1) is 6.16. The number of rotatable bonds is 0. The molecule has 0 atom stereocenters. The molecule has 0 bridgehead atoms. The molecule has 1 aromatic heterocycles. The van der Waals surface area contributed by atoms with Crippen molar-refractivity contribution in [2.24, 2.45) is 0 Å². The van der Waals surface area contributed by atoms with Gasteiger partial charge in [-0.05, 0) is 33.4 Å². The van der Waals surface area contributed by atoms with Crippen LogP contribution in [0.1, 0.15) is 0 Å². The molecule has 0 fully saturated rings. The van der Waals surface area contributed by atoms with E-state index in [1.54, 1.807) is 6.07 Å². The number of hydrogen-bond donors (Lipinski definition) is 0. The molecule has 0 amide bonds. The smallest absolute Gasteiger partial charge is 0.188 e. The van der Waals surface area contributed by atoms with E-state index in [1.165, 1.54) is 12.4 Å². The van der Waals surface area contributed by atoms with Gasteiger partial charge in [0.25, 0.3) is 0 Å². The molecule has 1 heterocycles. The van der Waals surface area contributed by atoms with Crippen LogP contribution in [-0.4, -0.2) is 0 Å². The molecule has 2 nitrogen and oxygen atoms in total. The maximum absolute atomic E-state index is 10.9. The summed E-state index contributed by atoms with van der Waals surface area (Å²) in [6, 6.07) is 5.38. The van der Waals surface area contributed by atoms with Gasteiger partial charge in [-0.15, -0.1) is 0 Å². The lowest BCUT2D eigenvalue weighted by molar-refractivity contribution is -0.603. The van der Waals surface area contributed by atoms with E-state index in [2.05, 4.69) is 15.9 Å². The third kappa shape index (κ3) is 1.62. The summed E-state index contributed by atoms with van der Waals surface area (Å²) < 4.78 is 1.57. The van der Waals surface area contributed by atoms with Gasteiger partial charge >= 0.3 is 0 Å². The van der Waals surface area contributed by atoms with E-state index >= 15 is 0 Å². The molecule has 4 heteroatoms. The van der Waals surface area contributed by atoms with Crippen molar-refractivity contribution in [2.75, 3.05) is 0 Å². The van der Waals surface area contributed by atoms with Crippen molar-refractivity contribution < 1.29 is 4.73 Å². The molecular formula is C9H5BrClNO. The molecule has 0 aliphatic carbocycles. The first-order valence-electron chi connectivity index (χ1n) is 3.64. The second kappa shape index (κ2) is 3.16. The summed E-state index contributed by atoms with van der Waals surface area (Å²) in [4.78, 5) is 0. The Balaban J connectivity index is 2.81. The lowest BCUT2D eigenvalue weighted by Crippen LogP contribution is -2.23. The normalized spacial score (nSPS) is 10.6. The first-order valence-corrected chi connectivity index (χ1v) is 4.81. The van der Waals surface area contributed by atoms with Crippen LogP contribution in [0.15, 0.2) is 35.1 Å². The predicted molar refractivity (Wildman–Crippen MR) is 55.6 cm³/mol. The number of nitrogens with zero attached hydrogens (tertiary/aromatic N) is 1. The van der Waals surface area contributed by atoms with Gasteiger partial charge in [-0.1, -0.05) is 11.6 Å². The van der Waals surface area contributed by atoms with Crippen molar-refractivity contribution in [3.05, 3.63) is 45.3 Å². The molecule has 0 aliphatic heterocycles. The minimum atomic E-state index is 0.649. The number of fused-ring (bicyclic) bond motifs is 1. The van der Waals surface area contributed by atoms with E-state index in [0.717, 1.165) is 20.0 Å². The largest absolute Gasteiger partial charge is 0.619 e. The molecule has 0 saturated heterocycles. The highest BCUT2D eigenvalue weighted by Gasteiger charge is 2.02. The van der Waals surface area contributed by atoms with Crippen LogP contribution in [0.3, 0.4) is 0 Å². The summed E-state index contributed by atoms with van der Waals surface area (Å²) >= 11 is 9.19. The summed E-state index contributed by atoms with van der Waals surface area (Å²) in [5, 5.41) is 13.4. The van der Waals surface area contributed by atoms with Crippen molar-refractivity contribution in [1.29, 1.82) is 0 Å². The monoisotopic (exact) mass is 257 g/mol. The van der Waals surface area contributed by atoms with Crippen LogP contribution < -0.4 is 4.73 Å². The Kier molecular flexibility index (Phi) is 2.14. The minimum Gasteiger partial charge on any atom is -0.619 e. The molecule has 2 aromatic rings. The van der Waals surface area contributed by atoms with Gasteiger partial charge in [-0.25, -0.2) is 0 Å². The molecular weight excluding hydrogens is 253 g/mol. The van der Waals surface area contributed by atoms with Gasteiger partial charge in [0.15, 0.2) is 12.4 Å². The highest BCUT2D eigenvalue weighted by molar-refractivity contribution is 9.10. The van der Waals surface area contributed by atoms with Crippen LogP contribution in [0.25, 0.3) is 10.8 Å². The Morgan fingerprint density at radius 2 is 2.08 bits per heavy atom. The number of aromatic nitrogens is 1. The number of benzene rings is 1. The molecule has 66 valence electrons. The quantitative estimate of drug-likeness (QED) is 0.527. The van der Waals surface area contributed by atoms with Crippen molar-refractivity contribution in [3.8, 4) is 0 Å². The Hall–Kier alpha value is -0.800. The minimum absolute atomic E-state index is 0.649. The summed E-state index contributed by atoms with van der Waals surface area (Å²) in [6.45, 7) is 0. The van der Waals surface area contributed by atoms with Gasteiger partial charge in [0.2, 0.25) is 0 Å². The van der Waals surface area contributed by atoms with Crippen molar-refractivity contribution in [2.45, 2.75) is 0 Å². The zero-order valence-electron chi connectivity index (χ0n) is 6.50. The number of hydrogen-bond acceptors (Lipinski definition) is 1. The maximum Gasteiger partial charge on any atom is 0.188 e. The van der Waals surface area contributed by atoms with E-state index < -0.39 is 0 Å². The molecule has 0 aliphatic rings. The Morgan fingerprint density at radius 1 is 1.31 bits per heavy atom. The van der Waals surface area contributed by atoms with Crippen LogP contribution in [0.2, 0.25) is 5.02 Å². The summed E-state index contributed by atoms with van der Waals surface area (Å²) in [5.41, 5.74) is 0. The lowest BCUT2D eigenvalue weighted by Gasteiger charge is -2.00. The van der Waals surface area contributed by atoms with Gasteiger partial charge in [-0.3, -0.25) is 0 Å². The fraction of sp³-hybridized carbons (Fsp3) is 0. The van der Waals surface area contributed by atoms with Crippen LogP contribution in [0.5, 0.6) is 0 Å². The fourth-order valence-electron chi connectivity index (χ4n) is 1.17. The summed E-state index contributed by atoms with van der Waals surface area (Å²) in [5.74, 6) is 0. The second-order valence-electron chi connectivity index (χ2n) is 2.70. The second-order valence-corrected chi connectivity index (χ2v) is 3.96. The Morgan fingerprint density at radius 3 is 2.85 bits per heavy atom. The van der Waals surface area contributed by atoms with E-state index in [1.807, 2.05) is 12.1 Å². The highest BCUT2D eigenvalue weighted by Crippen LogP contribution is 2.27.